The van der Waals surface area contributed by atoms with E-state index in [-0.39, 0.29) is 5.91 Å². The normalized spacial score (nSPS) is 11.3. The van der Waals surface area contributed by atoms with Crippen molar-refractivity contribution >= 4 is 33.5 Å². The Kier molecular flexibility index (Phi) is 5.20. The van der Waals surface area contributed by atoms with E-state index in [2.05, 4.69) is 26.3 Å². The monoisotopic (exact) mass is 379 g/mol. The Morgan fingerprint density at radius 1 is 1.30 bits per heavy atom. The van der Waals surface area contributed by atoms with E-state index in [4.69, 9.17) is 5.11 Å². The number of nitrogens with one attached hydrogen (secondary N) is 1. The van der Waals surface area contributed by atoms with E-state index in [1.165, 1.54) is 17.1 Å². The number of carboxylic acids is 1. The van der Waals surface area contributed by atoms with Gasteiger partial charge in [-0.15, -0.1) is 0 Å². The predicted molar refractivity (Wildman–Crippen MR) is 90.3 cm³/mol. The van der Waals surface area contributed by atoms with Gasteiger partial charge in [0.2, 0.25) is 5.91 Å². The van der Waals surface area contributed by atoms with Crippen LogP contribution in [-0.4, -0.2) is 26.8 Å². The lowest BCUT2D eigenvalue weighted by molar-refractivity contribution is -0.146. The highest BCUT2D eigenvalue weighted by atomic mass is 79.9. The Hall–Kier alpha value is -2.15. The highest BCUT2D eigenvalue weighted by Crippen LogP contribution is 2.17. The van der Waals surface area contributed by atoms with E-state index in [9.17, 15) is 9.59 Å². The SMILES string of the molecule is CC(C)(C(=O)O)n1cc(NC(=O)CCc2ccc(Br)cc2)cn1. The molecule has 0 fully saturated rings. The molecule has 0 bridgehead atoms. The number of aromatic nitrogens is 2. The van der Waals surface area contributed by atoms with Gasteiger partial charge in [0.25, 0.3) is 0 Å². The van der Waals surface area contributed by atoms with E-state index >= 15 is 0 Å². The number of benzene rings is 1. The lowest BCUT2D eigenvalue weighted by Gasteiger charge is -2.19. The first kappa shape index (κ1) is 17.2. The molecule has 122 valence electrons. The molecule has 1 aromatic carbocycles. The number of anilines is 1. The van der Waals surface area contributed by atoms with Crippen LogP contribution in [0.4, 0.5) is 5.69 Å². The number of nitrogens with zero attached hydrogens (tertiary/aromatic N) is 2. The molecule has 2 rings (SSSR count). The smallest absolute Gasteiger partial charge is 0.331 e. The maximum Gasteiger partial charge on any atom is 0.331 e. The lowest BCUT2D eigenvalue weighted by Crippen LogP contribution is -2.35. The second-order valence-electron chi connectivity index (χ2n) is 5.71. The van der Waals surface area contributed by atoms with E-state index in [1.807, 2.05) is 24.3 Å². The van der Waals surface area contributed by atoms with Gasteiger partial charge >= 0.3 is 5.97 Å². The standard InChI is InChI=1S/C16H18BrN3O3/c1-16(2,15(22)23)20-10-13(9-18-20)19-14(21)8-5-11-3-6-12(17)7-4-11/h3-4,6-7,9-10H,5,8H2,1-2H3,(H,19,21)(H,22,23). The summed E-state index contributed by atoms with van der Waals surface area (Å²) in [4.78, 5) is 23.2. The molecule has 7 heteroatoms. The summed E-state index contributed by atoms with van der Waals surface area (Å²) in [5, 5.41) is 15.9. The summed E-state index contributed by atoms with van der Waals surface area (Å²) in [6.07, 6.45) is 3.94. The Labute approximate surface area is 142 Å². The Morgan fingerprint density at radius 2 is 1.96 bits per heavy atom. The fourth-order valence-corrected chi connectivity index (χ4v) is 2.19. The van der Waals surface area contributed by atoms with Gasteiger partial charge in [0.05, 0.1) is 11.9 Å². The summed E-state index contributed by atoms with van der Waals surface area (Å²) in [7, 11) is 0. The molecule has 0 atom stereocenters. The highest BCUT2D eigenvalue weighted by Gasteiger charge is 2.30. The van der Waals surface area contributed by atoms with E-state index in [0.717, 1.165) is 10.0 Å². The van der Waals surface area contributed by atoms with Crippen LogP contribution in [0.15, 0.2) is 41.1 Å². The molecule has 0 saturated heterocycles. The minimum atomic E-state index is -1.17. The van der Waals surface area contributed by atoms with Crippen LogP contribution in [0.3, 0.4) is 0 Å². The topological polar surface area (TPSA) is 84.2 Å². The van der Waals surface area contributed by atoms with Gasteiger partial charge in [-0.05, 0) is 38.0 Å². The number of carbonyl (C=O) groups excluding carboxylic acids is 1. The van der Waals surface area contributed by atoms with Crippen molar-refractivity contribution in [2.75, 3.05) is 5.32 Å². The molecule has 1 heterocycles. The number of hydrogen-bond donors (Lipinski definition) is 2. The first-order chi connectivity index (χ1) is 10.8. The van der Waals surface area contributed by atoms with Crippen LogP contribution < -0.4 is 5.32 Å². The molecule has 0 aliphatic heterocycles. The number of rotatable bonds is 6. The van der Waals surface area contributed by atoms with Gasteiger partial charge < -0.3 is 10.4 Å². The van der Waals surface area contributed by atoms with Crippen LogP contribution in [0.5, 0.6) is 0 Å². The molecule has 0 unspecified atom stereocenters. The largest absolute Gasteiger partial charge is 0.479 e. The van der Waals surface area contributed by atoms with Crippen LogP contribution in [0.1, 0.15) is 25.8 Å². The lowest BCUT2D eigenvalue weighted by atomic mass is 10.1. The third-order valence-corrected chi connectivity index (χ3v) is 4.05. The molecular formula is C16H18BrN3O3. The van der Waals surface area contributed by atoms with Crippen molar-refractivity contribution in [2.24, 2.45) is 0 Å². The average Bonchev–Trinajstić information content (AvgIpc) is 2.95. The van der Waals surface area contributed by atoms with Crippen molar-refractivity contribution in [3.8, 4) is 0 Å². The Morgan fingerprint density at radius 3 is 2.57 bits per heavy atom. The summed E-state index contributed by atoms with van der Waals surface area (Å²) < 4.78 is 2.32. The number of carboxylic acid groups (broad SMARTS) is 1. The minimum absolute atomic E-state index is 0.138. The summed E-state index contributed by atoms with van der Waals surface area (Å²) in [6.45, 7) is 3.09. The van der Waals surface area contributed by atoms with Gasteiger partial charge in [0.1, 0.15) is 0 Å². The molecule has 23 heavy (non-hydrogen) atoms. The number of halogens is 1. The number of amides is 1. The molecule has 0 saturated carbocycles. The minimum Gasteiger partial charge on any atom is -0.479 e. The van der Waals surface area contributed by atoms with Gasteiger partial charge in [-0.25, -0.2) is 4.79 Å². The number of aryl methyl sites for hydroxylation is 1. The van der Waals surface area contributed by atoms with Gasteiger partial charge in [-0.2, -0.15) is 5.10 Å². The van der Waals surface area contributed by atoms with Crippen molar-refractivity contribution in [1.29, 1.82) is 0 Å². The molecule has 0 spiro atoms. The van der Waals surface area contributed by atoms with Gasteiger partial charge in [-0.1, -0.05) is 28.1 Å². The van der Waals surface area contributed by atoms with E-state index in [0.29, 0.717) is 18.5 Å². The van der Waals surface area contributed by atoms with Gasteiger partial charge in [-0.3, -0.25) is 9.48 Å². The van der Waals surface area contributed by atoms with Crippen LogP contribution >= 0.6 is 15.9 Å². The second kappa shape index (κ2) is 6.95. The molecular weight excluding hydrogens is 362 g/mol. The zero-order chi connectivity index (χ0) is 17.0. The van der Waals surface area contributed by atoms with Crippen molar-refractivity contribution in [2.45, 2.75) is 32.2 Å². The third kappa shape index (κ3) is 4.41. The molecule has 2 aromatic rings. The van der Waals surface area contributed by atoms with Crippen LogP contribution in [0, 0.1) is 0 Å². The van der Waals surface area contributed by atoms with Crippen LogP contribution in [0.2, 0.25) is 0 Å². The van der Waals surface area contributed by atoms with Crippen molar-refractivity contribution in [3.05, 3.63) is 46.7 Å². The van der Waals surface area contributed by atoms with Crippen LogP contribution in [0.25, 0.3) is 0 Å². The van der Waals surface area contributed by atoms with Crippen molar-refractivity contribution in [1.82, 2.24) is 9.78 Å². The number of aliphatic carboxylic acids is 1. The molecule has 1 amide bonds. The molecule has 2 N–H and O–H groups in total. The van der Waals surface area contributed by atoms with Crippen LogP contribution in [-0.2, 0) is 21.5 Å². The number of hydrogen-bond acceptors (Lipinski definition) is 3. The average molecular weight is 380 g/mol. The van der Waals surface area contributed by atoms with Crippen molar-refractivity contribution < 1.29 is 14.7 Å². The molecule has 1 aromatic heterocycles. The molecule has 0 aliphatic carbocycles. The quantitative estimate of drug-likeness (QED) is 0.807. The highest BCUT2D eigenvalue weighted by molar-refractivity contribution is 9.10. The summed E-state index contributed by atoms with van der Waals surface area (Å²) in [5.74, 6) is -1.13. The summed E-state index contributed by atoms with van der Waals surface area (Å²) >= 11 is 3.37. The maximum absolute atomic E-state index is 12.0. The van der Waals surface area contributed by atoms with Crippen molar-refractivity contribution in [3.63, 3.8) is 0 Å². The van der Waals surface area contributed by atoms with Gasteiger partial charge in [0, 0.05) is 17.1 Å². The zero-order valence-electron chi connectivity index (χ0n) is 12.9. The number of carbonyl (C=O) groups is 2. The Bertz CT molecular complexity index is 708. The zero-order valence-corrected chi connectivity index (χ0v) is 14.5. The maximum atomic E-state index is 12.0. The van der Waals surface area contributed by atoms with Gasteiger partial charge in [0.15, 0.2) is 5.54 Å². The summed E-state index contributed by atoms with van der Waals surface area (Å²) in [6, 6.07) is 7.80. The fourth-order valence-electron chi connectivity index (χ4n) is 1.92. The fraction of sp³-hybridized carbons (Fsp3) is 0.312. The predicted octanol–water partition coefficient (Wildman–Crippen LogP) is 3.04. The second-order valence-corrected chi connectivity index (χ2v) is 6.63. The Balaban J connectivity index is 1.92. The first-order valence-electron chi connectivity index (χ1n) is 7.12. The first-order valence-corrected chi connectivity index (χ1v) is 7.91. The molecule has 0 aliphatic rings. The summed E-state index contributed by atoms with van der Waals surface area (Å²) in [5.41, 5.74) is 0.395. The van der Waals surface area contributed by atoms with E-state index in [1.54, 1.807) is 13.8 Å². The molecule has 0 radical (unpaired) electrons. The van der Waals surface area contributed by atoms with E-state index < -0.39 is 11.5 Å². The molecule has 6 nitrogen and oxygen atoms in total. The third-order valence-electron chi connectivity index (χ3n) is 3.52.